The molecule has 1 aliphatic heterocycles. The van der Waals surface area contributed by atoms with Crippen LogP contribution in [0.3, 0.4) is 0 Å². The van der Waals surface area contributed by atoms with Crippen LogP contribution < -0.4 is 5.73 Å². The number of nitrogens with two attached hydrogens (primary N) is 1. The Hall–Kier alpha value is -0.510. The van der Waals surface area contributed by atoms with Crippen LogP contribution in [0.5, 0.6) is 0 Å². The van der Waals surface area contributed by atoms with Crippen LogP contribution in [0.1, 0.15) is 17.2 Å². The van der Waals surface area contributed by atoms with E-state index >= 15 is 0 Å². The fourth-order valence-corrected chi connectivity index (χ4v) is 2.05. The van der Waals surface area contributed by atoms with Crippen LogP contribution >= 0.6 is 11.8 Å². The quantitative estimate of drug-likeness (QED) is 0.695. The molecule has 3 heteroatoms. The Balaban J connectivity index is 2.39. The lowest BCUT2D eigenvalue weighted by molar-refractivity contribution is 0.0922. The van der Waals surface area contributed by atoms with Gasteiger partial charge in [-0.25, -0.2) is 0 Å². The van der Waals surface area contributed by atoms with Gasteiger partial charge in [-0.2, -0.15) is 0 Å². The van der Waals surface area contributed by atoms with Crippen molar-refractivity contribution in [2.45, 2.75) is 17.5 Å². The van der Waals surface area contributed by atoms with E-state index in [-0.39, 0.29) is 6.04 Å². The molecule has 70 valence electrons. The normalized spacial score (nSPS) is 21.2. The molecule has 0 fully saturated rings. The van der Waals surface area contributed by atoms with E-state index in [2.05, 4.69) is 24.5 Å². The standard InChI is InChI=1S/C10H13NOS/c1-13-8-2-3-9-7(4-8)5-12-6-10(9)11/h2-4,10H,5-6,11H2,1H3. The molecular formula is C10H13NOS. The van der Waals surface area contributed by atoms with Gasteiger partial charge < -0.3 is 10.5 Å². The SMILES string of the molecule is CSc1ccc2c(c1)COCC2N. The molecule has 0 amide bonds. The topological polar surface area (TPSA) is 35.2 Å². The number of fused-ring (bicyclic) bond motifs is 1. The van der Waals surface area contributed by atoms with Crippen LogP contribution in [0.15, 0.2) is 23.1 Å². The van der Waals surface area contributed by atoms with E-state index in [1.54, 1.807) is 11.8 Å². The zero-order valence-electron chi connectivity index (χ0n) is 7.62. The van der Waals surface area contributed by atoms with E-state index < -0.39 is 0 Å². The van der Waals surface area contributed by atoms with E-state index in [4.69, 9.17) is 10.5 Å². The summed E-state index contributed by atoms with van der Waals surface area (Å²) in [6.45, 7) is 1.35. The Labute approximate surface area is 82.5 Å². The van der Waals surface area contributed by atoms with Gasteiger partial charge in [0.05, 0.1) is 19.3 Å². The van der Waals surface area contributed by atoms with Crippen molar-refractivity contribution in [1.82, 2.24) is 0 Å². The minimum Gasteiger partial charge on any atom is -0.375 e. The van der Waals surface area contributed by atoms with Gasteiger partial charge in [0.15, 0.2) is 0 Å². The van der Waals surface area contributed by atoms with E-state index in [0.29, 0.717) is 13.2 Å². The second-order valence-corrected chi connectivity index (χ2v) is 4.07. The zero-order chi connectivity index (χ0) is 9.26. The average molecular weight is 195 g/mol. The third-order valence-electron chi connectivity index (χ3n) is 2.30. The molecule has 0 saturated carbocycles. The summed E-state index contributed by atoms with van der Waals surface area (Å²) in [6.07, 6.45) is 2.07. The maximum Gasteiger partial charge on any atom is 0.0721 e. The summed E-state index contributed by atoms with van der Waals surface area (Å²) < 4.78 is 5.37. The van der Waals surface area contributed by atoms with Crippen LogP contribution in [-0.2, 0) is 11.3 Å². The lowest BCUT2D eigenvalue weighted by Gasteiger charge is -2.22. The Bertz CT molecular complexity index is 314. The van der Waals surface area contributed by atoms with Crippen molar-refractivity contribution in [3.63, 3.8) is 0 Å². The van der Waals surface area contributed by atoms with Gasteiger partial charge in [-0.05, 0) is 29.5 Å². The molecule has 1 heterocycles. The highest BCUT2D eigenvalue weighted by Gasteiger charge is 2.16. The first kappa shape index (κ1) is 9.06. The van der Waals surface area contributed by atoms with Crippen LogP contribution in [0.2, 0.25) is 0 Å². The molecule has 2 N–H and O–H groups in total. The molecule has 1 aliphatic rings. The molecule has 0 saturated heterocycles. The molecule has 1 aromatic rings. The molecule has 0 aliphatic carbocycles. The molecule has 13 heavy (non-hydrogen) atoms. The fourth-order valence-electron chi connectivity index (χ4n) is 1.58. The van der Waals surface area contributed by atoms with Crippen molar-refractivity contribution in [3.05, 3.63) is 29.3 Å². The Morgan fingerprint density at radius 3 is 3.15 bits per heavy atom. The Morgan fingerprint density at radius 1 is 1.54 bits per heavy atom. The van der Waals surface area contributed by atoms with Crippen molar-refractivity contribution >= 4 is 11.8 Å². The van der Waals surface area contributed by atoms with Crippen molar-refractivity contribution in [3.8, 4) is 0 Å². The van der Waals surface area contributed by atoms with Gasteiger partial charge in [0, 0.05) is 4.90 Å². The van der Waals surface area contributed by atoms with E-state index in [1.807, 2.05) is 0 Å². The summed E-state index contributed by atoms with van der Waals surface area (Å²) in [6, 6.07) is 6.46. The van der Waals surface area contributed by atoms with Crippen molar-refractivity contribution in [2.24, 2.45) is 5.73 Å². The highest BCUT2D eigenvalue weighted by Crippen LogP contribution is 2.26. The van der Waals surface area contributed by atoms with Gasteiger partial charge in [-0.1, -0.05) is 6.07 Å². The van der Waals surface area contributed by atoms with Gasteiger partial charge in [-0.3, -0.25) is 0 Å². The first-order valence-electron chi connectivity index (χ1n) is 4.31. The molecule has 2 nitrogen and oxygen atoms in total. The first-order valence-corrected chi connectivity index (χ1v) is 5.54. The third kappa shape index (κ3) is 1.73. The van der Waals surface area contributed by atoms with Gasteiger partial charge >= 0.3 is 0 Å². The summed E-state index contributed by atoms with van der Waals surface area (Å²) in [5, 5.41) is 0. The largest absolute Gasteiger partial charge is 0.375 e. The third-order valence-corrected chi connectivity index (χ3v) is 3.03. The molecule has 0 aromatic heterocycles. The van der Waals surface area contributed by atoms with Crippen LogP contribution in [0.25, 0.3) is 0 Å². The van der Waals surface area contributed by atoms with Gasteiger partial charge in [0.2, 0.25) is 0 Å². The lowest BCUT2D eigenvalue weighted by atomic mass is 10.00. The minimum atomic E-state index is 0.0552. The minimum absolute atomic E-state index is 0.0552. The van der Waals surface area contributed by atoms with E-state index in [9.17, 15) is 0 Å². The first-order chi connectivity index (χ1) is 6.31. The van der Waals surface area contributed by atoms with Crippen LogP contribution in [0, 0.1) is 0 Å². The number of rotatable bonds is 1. The van der Waals surface area contributed by atoms with Crippen molar-refractivity contribution < 1.29 is 4.74 Å². The highest BCUT2D eigenvalue weighted by molar-refractivity contribution is 7.98. The van der Waals surface area contributed by atoms with E-state index in [1.165, 1.54) is 16.0 Å². The molecule has 0 spiro atoms. The Kier molecular flexibility index (Phi) is 2.58. The zero-order valence-corrected chi connectivity index (χ0v) is 8.43. The highest BCUT2D eigenvalue weighted by atomic mass is 32.2. The number of hydrogen-bond acceptors (Lipinski definition) is 3. The smallest absolute Gasteiger partial charge is 0.0721 e. The maximum atomic E-state index is 5.91. The predicted octanol–water partition coefficient (Wildman–Crippen LogP) is 1.94. The van der Waals surface area contributed by atoms with Gasteiger partial charge in [0.25, 0.3) is 0 Å². The summed E-state index contributed by atoms with van der Waals surface area (Å²) in [4.78, 5) is 1.27. The second kappa shape index (κ2) is 3.70. The molecule has 0 bridgehead atoms. The molecule has 1 atom stereocenters. The van der Waals surface area contributed by atoms with Gasteiger partial charge in [-0.15, -0.1) is 11.8 Å². The average Bonchev–Trinajstić information content (AvgIpc) is 2.18. The Morgan fingerprint density at radius 2 is 2.38 bits per heavy atom. The van der Waals surface area contributed by atoms with Crippen LogP contribution in [0.4, 0.5) is 0 Å². The molecular weight excluding hydrogens is 182 g/mol. The number of ether oxygens (including phenoxy) is 1. The summed E-state index contributed by atoms with van der Waals surface area (Å²) in [5.41, 5.74) is 8.39. The molecule has 2 rings (SSSR count). The van der Waals surface area contributed by atoms with E-state index in [0.717, 1.165) is 0 Å². The van der Waals surface area contributed by atoms with Crippen molar-refractivity contribution in [1.29, 1.82) is 0 Å². The second-order valence-electron chi connectivity index (χ2n) is 3.19. The number of hydrogen-bond donors (Lipinski definition) is 1. The van der Waals surface area contributed by atoms with Crippen molar-refractivity contribution in [2.75, 3.05) is 12.9 Å². The molecule has 1 aromatic carbocycles. The van der Waals surface area contributed by atoms with Gasteiger partial charge in [0.1, 0.15) is 0 Å². The number of thioether (sulfide) groups is 1. The maximum absolute atomic E-state index is 5.91. The summed E-state index contributed by atoms with van der Waals surface area (Å²) in [5.74, 6) is 0. The summed E-state index contributed by atoms with van der Waals surface area (Å²) >= 11 is 1.75. The fraction of sp³-hybridized carbons (Fsp3) is 0.400. The lowest BCUT2D eigenvalue weighted by Crippen LogP contribution is -2.23. The predicted molar refractivity (Wildman–Crippen MR) is 54.8 cm³/mol. The molecule has 0 radical (unpaired) electrons. The van der Waals surface area contributed by atoms with Crippen LogP contribution in [-0.4, -0.2) is 12.9 Å². The summed E-state index contributed by atoms with van der Waals surface area (Å²) in [7, 11) is 0. The monoisotopic (exact) mass is 195 g/mol. The number of benzene rings is 1. The molecule has 1 unspecified atom stereocenters.